The first-order chi connectivity index (χ1) is 11.6. The Labute approximate surface area is 142 Å². The summed E-state index contributed by atoms with van der Waals surface area (Å²) in [6.45, 7) is 1.95. The lowest BCUT2D eigenvalue weighted by Crippen LogP contribution is -2.38. The number of rotatable bonds is 7. The molecule has 5 heteroatoms. The monoisotopic (exact) mass is 326 g/mol. The third-order valence-electron chi connectivity index (χ3n) is 3.68. The minimum Gasteiger partial charge on any atom is -0.496 e. The van der Waals surface area contributed by atoms with Crippen molar-refractivity contribution in [2.45, 2.75) is 13.3 Å². The van der Waals surface area contributed by atoms with E-state index in [1.807, 2.05) is 54.6 Å². The number of methoxy groups -OCH3 is 1. The summed E-state index contributed by atoms with van der Waals surface area (Å²) >= 11 is 0. The lowest BCUT2D eigenvalue weighted by Gasteiger charge is -2.21. The van der Waals surface area contributed by atoms with Gasteiger partial charge < -0.3 is 15.0 Å². The molecule has 0 fully saturated rings. The fraction of sp³-hybridized carbons (Fsp3) is 0.263. The fourth-order valence-electron chi connectivity index (χ4n) is 2.41. The summed E-state index contributed by atoms with van der Waals surface area (Å²) in [7, 11) is 1.62. The topological polar surface area (TPSA) is 58.6 Å². The van der Waals surface area contributed by atoms with E-state index in [1.54, 1.807) is 7.11 Å². The molecule has 0 bridgehead atoms. The number of anilines is 1. The first-order valence-electron chi connectivity index (χ1n) is 7.82. The molecule has 0 heterocycles. The van der Waals surface area contributed by atoms with Gasteiger partial charge in [0.2, 0.25) is 11.8 Å². The van der Waals surface area contributed by atoms with Gasteiger partial charge in [-0.05, 0) is 30.2 Å². The quantitative estimate of drug-likeness (QED) is 0.851. The maximum Gasteiger partial charge on any atom is 0.243 e. The van der Waals surface area contributed by atoms with Gasteiger partial charge in [0.25, 0.3) is 0 Å². The molecule has 0 aliphatic heterocycles. The Morgan fingerprint density at radius 2 is 1.71 bits per heavy atom. The predicted octanol–water partition coefficient (Wildman–Crippen LogP) is 2.72. The molecule has 1 N–H and O–H groups in total. The molecule has 0 saturated heterocycles. The molecular formula is C19H22N2O3. The Bertz CT molecular complexity index is 686. The third kappa shape index (κ3) is 5.12. The summed E-state index contributed by atoms with van der Waals surface area (Å²) in [6.07, 6.45) is 0.627. The average molecular weight is 326 g/mol. The smallest absolute Gasteiger partial charge is 0.243 e. The first-order valence-corrected chi connectivity index (χ1v) is 7.82. The van der Waals surface area contributed by atoms with E-state index in [4.69, 9.17) is 4.74 Å². The second-order valence-electron chi connectivity index (χ2n) is 5.42. The zero-order valence-electron chi connectivity index (χ0n) is 14.0. The molecule has 0 spiro atoms. The summed E-state index contributed by atoms with van der Waals surface area (Å²) in [5.41, 5.74) is 1.73. The Balaban J connectivity index is 1.94. The molecule has 2 aromatic rings. The summed E-state index contributed by atoms with van der Waals surface area (Å²) in [6, 6.07) is 16.9. The number of nitrogens with one attached hydrogen (secondary N) is 1. The number of nitrogens with zero attached hydrogens (tertiary/aromatic N) is 1. The van der Waals surface area contributed by atoms with Crippen molar-refractivity contribution in [1.82, 2.24) is 4.90 Å². The van der Waals surface area contributed by atoms with Crippen LogP contribution in [0.3, 0.4) is 0 Å². The second kappa shape index (κ2) is 8.72. The molecule has 0 aromatic heterocycles. The van der Waals surface area contributed by atoms with Crippen LogP contribution in [0.5, 0.6) is 5.75 Å². The lowest BCUT2D eigenvalue weighted by molar-refractivity contribution is -0.132. The van der Waals surface area contributed by atoms with E-state index >= 15 is 0 Å². The normalized spacial score (nSPS) is 10.1. The zero-order chi connectivity index (χ0) is 17.4. The molecule has 5 nitrogen and oxygen atoms in total. The van der Waals surface area contributed by atoms with E-state index in [2.05, 4.69) is 5.32 Å². The highest BCUT2D eigenvalue weighted by molar-refractivity contribution is 5.94. The Morgan fingerprint density at radius 1 is 1.04 bits per heavy atom. The van der Waals surface area contributed by atoms with Crippen molar-refractivity contribution in [3.8, 4) is 5.75 Å². The van der Waals surface area contributed by atoms with Crippen LogP contribution in [0.25, 0.3) is 0 Å². The van der Waals surface area contributed by atoms with E-state index in [-0.39, 0.29) is 18.4 Å². The van der Waals surface area contributed by atoms with Gasteiger partial charge in [-0.15, -0.1) is 0 Å². The van der Waals surface area contributed by atoms with Crippen LogP contribution in [0, 0.1) is 0 Å². The van der Waals surface area contributed by atoms with Gasteiger partial charge in [-0.25, -0.2) is 0 Å². The minimum atomic E-state index is -0.212. The summed E-state index contributed by atoms with van der Waals surface area (Å²) in [5.74, 6) is 0.444. The standard InChI is InChI=1S/C19H22N2O3/c1-15(22)21(13-12-16-8-6-7-11-18(16)24-2)14-19(23)20-17-9-4-3-5-10-17/h3-11H,12-14H2,1-2H3,(H,20,23). The number of para-hydroxylation sites is 2. The summed E-state index contributed by atoms with van der Waals surface area (Å²) < 4.78 is 5.32. The summed E-state index contributed by atoms with van der Waals surface area (Å²) in [4.78, 5) is 25.5. The molecule has 2 amide bonds. The molecule has 0 aliphatic carbocycles. The molecule has 0 unspecified atom stereocenters. The number of ether oxygens (including phenoxy) is 1. The largest absolute Gasteiger partial charge is 0.496 e. The Hall–Kier alpha value is -2.82. The van der Waals surface area contributed by atoms with Crippen molar-refractivity contribution in [3.63, 3.8) is 0 Å². The average Bonchev–Trinajstić information content (AvgIpc) is 2.59. The van der Waals surface area contributed by atoms with E-state index in [0.29, 0.717) is 13.0 Å². The molecule has 24 heavy (non-hydrogen) atoms. The summed E-state index contributed by atoms with van der Waals surface area (Å²) in [5, 5.41) is 2.79. The molecule has 2 aromatic carbocycles. The molecule has 0 aliphatic rings. The maximum atomic E-state index is 12.1. The highest BCUT2D eigenvalue weighted by Crippen LogP contribution is 2.18. The van der Waals surface area contributed by atoms with Crippen LogP contribution >= 0.6 is 0 Å². The van der Waals surface area contributed by atoms with Crippen molar-refractivity contribution >= 4 is 17.5 Å². The predicted molar refractivity (Wildman–Crippen MR) is 94.0 cm³/mol. The van der Waals surface area contributed by atoms with Crippen LogP contribution in [0.4, 0.5) is 5.69 Å². The van der Waals surface area contributed by atoms with Crippen LogP contribution < -0.4 is 10.1 Å². The van der Waals surface area contributed by atoms with Gasteiger partial charge in [-0.2, -0.15) is 0 Å². The number of hydrogen-bond donors (Lipinski definition) is 1. The van der Waals surface area contributed by atoms with Gasteiger partial charge in [-0.3, -0.25) is 9.59 Å². The third-order valence-corrected chi connectivity index (χ3v) is 3.68. The highest BCUT2D eigenvalue weighted by atomic mass is 16.5. The molecule has 2 rings (SSSR count). The fourth-order valence-corrected chi connectivity index (χ4v) is 2.41. The second-order valence-corrected chi connectivity index (χ2v) is 5.42. The number of amides is 2. The highest BCUT2D eigenvalue weighted by Gasteiger charge is 2.14. The van der Waals surface area contributed by atoms with E-state index in [9.17, 15) is 9.59 Å². The van der Waals surface area contributed by atoms with Crippen molar-refractivity contribution < 1.29 is 14.3 Å². The number of hydrogen-bond acceptors (Lipinski definition) is 3. The van der Waals surface area contributed by atoms with Crippen LogP contribution in [-0.2, 0) is 16.0 Å². The first kappa shape index (κ1) is 17.5. The lowest BCUT2D eigenvalue weighted by atomic mass is 10.1. The molecule has 0 saturated carbocycles. The van der Waals surface area contributed by atoms with Crippen molar-refractivity contribution in [1.29, 1.82) is 0 Å². The molecule has 0 radical (unpaired) electrons. The number of carbonyl (C=O) groups excluding carboxylic acids is 2. The van der Waals surface area contributed by atoms with E-state index in [0.717, 1.165) is 17.0 Å². The van der Waals surface area contributed by atoms with Gasteiger partial charge in [0, 0.05) is 19.2 Å². The number of benzene rings is 2. The van der Waals surface area contributed by atoms with Gasteiger partial charge in [0.05, 0.1) is 13.7 Å². The SMILES string of the molecule is COc1ccccc1CCN(CC(=O)Nc1ccccc1)C(C)=O. The van der Waals surface area contributed by atoms with Crippen LogP contribution in [0.15, 0.2) is 54.6 Å². The molecule has 0 atom stereocenters. The van der Waals surface area contributed by atoms with Crippen molar-refractivity contribution in [3.05, 3.63) is 60.2 Å². The molecule has 126 valence electrons. The van der Waals surface area contributed by atoms with Crippen molar-refractivity contribution in [2.75, 3.05) is 25.5 Å². The zero-order valence-corrected chi connectivity index (χ0v) is 14.0. The number of carbonyl (C=O) groups is 2. The van der Waals surface area contributed by atoms with Gasteiger partial charge in [0.1, 0.15) is 5.75 Å². The Kier molecular flexibility index (Phi) is 6.37. The van der Waals surface area contributed by atoms with Gasteiger partial charge >= 0.3 is 0 Å². The van der Waals surface area contributed by atoms with E-state index < -0.39 is 0 Å². The van der Waals surface area contributed by atoms with Gasteiger partial charge in [-0.1, -0.05) is 36.4 Å². The van der Waals surface area contributed by atoms with Crippen molar-refractivity contribution in [2.24, 2.45) is 0 Å². The Morgan fingerprint density at radius 3 is 2.38 bits per heavy atom. The van der Waals surface area contributed by atoms with Crippen LogP contribution in [-0.4, -0.2) is 36.9 Å². The van der Waals surface area contributed by atoms with E-state index in [1.165, 1.54) is 11.8 Å². The van der Waals surface area contributed by atoms with Crippen LogP contribution in [0.2, 0.25) is 0 Å². The minimum absolute atomic E-state index is 0.0272. The molecular weight excluding hydrogens is 304 g/mol. The van der Waals surface area contributed by atoms with Gasteiger partial charge in [0.15, 0.2) is 0 Å². The maximum absolute atomic E-state index is 12.1. The van der Waals surface area contributed by atoms with Crippen LogP contribution in [0.1, 0.15) is 12.5 Å².